The summed E-state index contributed by atoms with van der Waals surface area (Å²) in [5, 5.41) is 0.959. The van der Waals surface area contributed by atoms with E-state index >= 15 is 0 Å². The Morgan fingerprint density at radius 1 is 1.00 bits per heavy atom. The number of nitrogens with two attached hydrogens (primary N) is 2. The second-order valence-electron chi connectivity index (χ2n) is 9.88. The fourth-order valence-electron chi connectivity index (χ4n) is 4.69. The number of ketones is 1. The third-order valence-corrected chi connectivity index (χ3v) is 6.83. The summed E-state index contributed by atoms with van der Waals surface area (Å²) in [5.74, 6) is -2.86. The molecule has 11 heteroatoms. The van der Waals surface area contributed by atoms with Crippen LogP contribution in [0.4, 0.5) is 5.69 Å². The minimum absolute atomic E-state index is 0.0171. The Morgan fingerprint density at radius 3 is 2.33 bits per heavy atom. The molecule has 218 valence electrons. The van der Waals surface area contributed by atoms with E-state index in [0.29, 0.717) is 16.5 Å². The first-order valence-electron chi connectivity index (χ1n) is 13.3. The number of aromatic nitrogens is 2. The lowest BCUT2D eigenvalue weighted by molar-refractivity contribution is -0.143. The maximum absolute atomic E-state index is 14.2. The van der Waals surface area contributed by atoms with E-state index in [2.05, 4.69) is 9.97 Å². The van der Waals surface area contributed by atoms with Crippen LogP contribution in [0.1, 0.15) is 45.8 Å². The normalized spacial score (nSPS) is 13.2. The number of anilines is 1. The number of benzene rings is 3. The molecule has 4 aromatic rings. The summed E-state index contributed by atoms with van der Waals surface area (Å²) in [6.07, 6.45) is 3.12. The van der Waals surface area contributed by atoms with Crippen LogP contribution in [-0.2, 0) is 32.1 Å². The highest BCUT2D eigenvalue weighted by atomic mass is 16.5. The molecule has 3 aromatic carbocycles. The predicted octanol–water partition coefficient (Wildman–Crippen LogP) is 2.91. The molecule has 0 saturated carbocycles. The average molecular weight is 572 g/mol. The third-order valence-electron chi connectivity index (χ3n) is 6.83. The largest absolute Gasteiger partial charge is 0.467 e. The fourth-order valence-corrected chi connectivity index (χ4v) is 4.69. The highest BCUT2D eigenvalue weighted by Gasteiger charge is 2.38. The predicted molar refractivity (Wildman–Crippen MR) is 157 cm³/mol. The van der Waals surface area contributed by atoms with Gasteiger partial charge in [-0.15, -0.1) is 0 Å². The van der Waals surface area contributed by atoms with E-state index in [-0.39, 0.29) is 29.8 Å². The molecule has 4 rings (SSSR count). The molecule has 1 aromatic heterocycles. The van der Waals surface area contributed by atoms with Gasteiger partial charge in [-0.1, -0.05) is 54.6 Å². The van der Waals surface area contributed by atoms with E-state index in [9.17, 15) is 19.2 Å². The van der Waals surface area contributed by atoms with Gasteiger partial charge in [0.25, 0.3) is 0 Å². The van der Waals surface area contributed by atoms with Gasteiger partial charge < -0.3 is 25.9 Å². The van der Waals surface area contributed by atoms with Crippen LogP contribution in [0.15, 0.2) is 73.2 Å². The lowest BCUT2D eigenvalue weighted by Gasteiger charge is -2.33. The number of amides is 1. The van der Waals surface area contributed by atoms with Gasteiger partial charge >= 0.3 is 11.9 Å². The number of nitrogens with one attached hydrogen (secondary N) is 1. The lowest BCUT2D eigenvalue weighted by Crippen LogP contribution is -2.51. The number of carbonyl (C=O) groups excluding carboxylic acids is 4. The summed E-state index contributed by atoms with van der Waals surface area (Å²) in [7, 11) is 1.18. The van der Waals surface area contributed by atoms with E-state index in [0.717, 1.165) is 10.5 Å². The number of nitrogens with zero attached hydrogens (tertiary/aromatic N) is 2. The molecule has 0 aliphatic heterocycles. The van der Waals surface area contributed by atoms with Crippen LogP contribution in [0.2, 0.25) is 0 Å². The lowest BCUT2D eigenvalue weighted by atomic mass is 9.90. The first-order valence-corrected chi connectivity index (χ1v) is 13.3. The molecule has 0 aliphatic rings. The van der Waals surface area contributed by atoms with Gasteiger partial charge in [0.05, 0.1) is 42.3 Å². The van der Waals surface area contributed by atoms with Crippen molar-refractivity contribution in [3.8, 4) is 0 Å². The summed E-state index contributed by atoms with van der Waals surface area (Å²) in [5.41, 5.74) is 13.6. The number of carbonyl (C=O) groups is 4. The van der Waals surface area contributed by atoms with E-state index < -0.39 is 41.8 Å². The van der Waals surface area contributed by atoms with E-state index in [1.54, 1.807) is 42.6 Å². The second kappa shape index (κ2) is 13.2. The van der Waals surface area contributed by atoms with Crippen LogP contribution in [-0.4, -0.2) is 58.8 Å². The van der Waals surface area contributed by atoms with Gasteiger partial charge in [0.2, 0.25) is 5.91 Å². The smallest absolute Gasteiger partial charge is 0.340 e. The van der Waals surface area contributed by atoms with Crippen molar-refractivity contribution in [1.29, 1.82) is 0 Å². The standard InChI is InChI=1S/C31H33N5O6/c1-18(32)29(38)36(19(2)30(39)41-3)27-24(31(40)42-16-20-9-5-4-6-10-20)13-21-11-7-8-12-23(21)26(27)28(37)25(33)14-22-15-34-17-35-22/h4-13,15,17-19,25H,14,16,32-33H2,1-3H3,(H,34,35)/t18-,19-,25-/m0/s1. The van der Waals surface area contributed by atoms with Crippen LogP contribution >= 0.6 is 0 Å². The van der Waals surface area contributed by atoms with E-state index in [1.165, 1.54) is 33.4 Å². The quantitative estimate of drug-likeness (QED) is 0.181. The number of H-pyrrole nitrogens is 1. The average Bonchev–Trinajstić information content (AvgIpc) is 3.52. The van der Waals surface area contributed by atoms with Crippen LogP contribution < -0.4 is 16.4 Å². The van der Waals surface area contributed by atoms with Gasteiger partial charge in [-0.05, 0) is 36.2 Å². The first kappa shape index (κ1) is 30.1. The number of hydrogen-bond donors (Lipinski definition) is 3. The molecule has 11 nitrogen and oxygen atoms in total. The number of ether oxygens (including phenoxy) is 2. The zero-order valence-electron chi connectivity index (χ0n) is 23.6. The van der Waals surface area contributed by atoms with Gasteiger partial charge in [-0.25, -0.2) is 14.6 Å². The molecule has 1 amide bonds. The number of hydrogen-bond acceptors (Lipinski definition) is 9. The summed E-state index contributed by atoms with van der Waals surface area (Å²) >= 11 is 0. The van der Waals surface area contributed by atoms with Gasteiger partial charge in [-0.3, -0.25) is 14.5 Å². The van der Waals surface area contributed by atoms with Crippen molar-refractivity contribution >= 4 is 40.1 Å². The van der Waals surface area contributed by atoms with Gasteiger partial charge in [0, 0.05) is 18.3 Å². The third kappa shape index (κ3) is 6.37. The van der Waals surface area contributed by atoms with Crippen LogP contribution in [0.5, 0.6) is 0 Å². The van der Waals surface area contributed by atoms with E-state index in [4.69, 9.17) is 20.9 Å². The van der Waals surface area contributed by atoms with Crippen molar-refractivity contribution in [3.63, 3.8) is 0 Å². The topological polar surface area (TPSA) is 171 Å². The second-order valence-corrected chi connectivity index (χ2v) is 9.88. The van der Waals surface area contributed by atoms with Crippen molar-refractivity contribution in [2.24, 2.45) is 11.5 Å². The van der Waals surface area contributed by atoms with Crippen molar-refractivity contribution in [2.45, 2.75) is 45.0 Å². The number of imidazole rings is 1. The zero-order valence-corrected chi connectivity index (χ0v) is 23.6. The molecule has 3 atom stereocenters. The molecule has 42 heavy (non-hydrogen) atoms. The van der Waals surface area contributed by atoms with Crippen molar-refractivity contribution in [3.05, 3.63) is 95.6 Å². The molecule has 0 radical (unpaired) electrons. The van der Waals surface area contributed by atoms with Crippen molar-refractivity contribution in [2.75, 3.05) is 12.0 Å². The Kier molecular flexibility index (Phi) is 9.46. The zero-order chi connectivity index (χ0) is 30.4. The molecule has 0 fully saturated rings. The molecule has 0 bridgehead atoms. The van der Waals surface area contributed by atoms with Gasteiger partial charge in [0.15, 0.2) is 5.78 Å². The minimum atomic E-state index is -1.26. The number of Topliss-reactive ketones (excluding diaryl/α,β-unsaturated/α-hetero) is 1. The number of rotatable bonds is 11. The minimum Gasteiger partial charge on any atom is -0.467 e. The molecule has 0 spiro atoms. The van der Waals surface area contributed by atoms with Crippen LogP contribution in [0.3, 0.4) is 0 Å². The summed E-state index contributed by atoms with van der Waals surface area (Å²) in [6.45, 7) is 2.81. The maximum Gasteiger partial charge on any atom is 0.340 e. The van der Waals surface area contributed by atoms with Crippen molar-refractivity contribution in [1.82, 2.24) is 9.97 Å². The molecule has 5 N–H and O–H groups in total. The molecule has 0 saturated heterocycles. The highest BCUT2D eigenvalue weighted by molar-refractivity contribution is 6.22. The van der Waals surface area contributed by atoms with Crippen LogP contribution in [0, 0.1) is 0 Å². The first-order chi connectivity index (χ1) is 20.1. The molecular weight excluding hydrogens is 538 g/mol. The van der Waals surface area contributed by atoms with Crippen molar-refractivity contribution < 1.29 is 28.7 Å². The highest BCUT2D eigenvalue weighted by Crippen LogP contribution is 2.37. The molecular formula is C31H33N5O6. The van der Waals surface area contributed by atoms with Gasteiger partial charge in [0.1, 0.15) is 12.6 Å². The Bertz CT molecular complexity index is 1590. The summed E-state index contributed by atoms with van der Waals surface area (Å²) in [6, 6.07) is 14.0. The number of esters is 2. The Labute approximate surface area is 242 Å². The number of methoxy groups -OCH3 is 1. The Hall–Kier alpha value is -4.87. The Balaban J connectivity index is 1.98. The van der Waals surface area contributed by atoms with Gasteiger partial charge in [-0.2, -0.15) is 0 Å². The fraction of sp³-hybridized carbons (Fsp3) is 0.258. The summed E-state index contributed by atoms with van der Waals surface area (Å²) < 4.78 is 10.6. The molecule has 0 aliphatic carbocycles. The SMILES string of the molecule is COC(=O)[C@H](C)N(C(=O)[C@H](C)N)c1c(C(=O)OCc2ccccc2)cc2ccccc2c1C(=O)[C@@H](N)Cc1cnc[nH]1. The maximum atomic E-state index is 14.2. The van der Waals surface area contributed by atoms with Crippen LogP contribution in [0.25, 0.3) is 10.8 Å². The monoisotopic (exact) mass is 571 g/mol. The molecule has 0 unspecified atom stereocenters. The number of fused-ring (bicyclic) bond motifs is 1. The number of aromatic amines is 1. The summed E-state index contributed by atoms with van der Waals surface area (Å²) in [4.78, 5) is 62.5. The Morgan fingerprint density at radius 2 is 1.69 bits per heavy atom. The van der Waals surface area contributed by atoms with E-state index in [1.807, 2.05) is 18.2 Å². The molecule has 1 heterocycles.